The van der Waals surface area contributed by atoms with Crippen molar-refractivity contribution >= 4 is 139 Å². The van der Waals surface area contributed by atoms with Gasteiger partial charge in [0.2, 0.25) is 0 Å². The summed E-state index contributed by atoms with van der Waals surface area (Å²) in [5, 5.41) is 10.1. The molecule has 4 aliphatic carbocycles. The average Bonchev–Trinajstić information content (AvgIpc) is 1.53. The van der Waals surface area contributed by atoms with Gasteiger partial charge in [0.1, 0.15) is 46.3 Å². The van der Waals surface area contributed by atoms with Crippen molar-refractivity contribution in [2.75, 3.05) is 20.0 Å². The van der Waals surface area contributed by atoms with Gasteiger partial charge in [0.15, 0.2) is 0 Å². The second kappa shape index (κ2) is 33.2. The Bertz CT molecular complexity index is 7760. The summed E-state index contributed by atoms with van der Waals surface area (Å²) in [6, 6.07) is 47.0. The Balaban J connectivity index is 0.000000159. The average molecular weight is 1820 g/mol. The molecule has 131 heavy (non-hydrogen) atoms. The van der Waals surface area contributed by atoms with E-state index in [-0.39, 0.29) is 72.7 Å². The van der Waals surface area contributed by atoms with Crippen molar-refractivity contribution in [1.29, 1.82) is 0 Å². The van der Waals surface area contributed by atoms with Crippen molar-refractivity contribution in [3.05, 3.63) is 348 Å². The van der Waals surface area contributed by atoms with Crippen LogP contribution < -0.4 is 20.0 Å². The Morgan fingerprint density at radius 2 is 0.718 bits per heavy atom. The van der Waals surface area contributed by atoms with E-state index in [1.165, 1.54) is 117 Å². The molecular formula is C116H117ClF6N6S2. The van der Waals surface area contributed by atoms with Crippen LogP contribution in [0.15, 0.2) is 241 Å². The van der Waals surface area contributed by atoms with Crippen molar-refractivity contribution in [2.24, 2.45) is 0 Å². The number of hydrogen-bond donors (Lipinski definition) is 1. The summed E-state index contributed by atoms with van der Waals surface area (Å²) in [6.07, 6.45) is 7.88. The number of rotatable bonds is 13. The van der Waals surface area contributed by atoms with Crippen LogP contribution in [-0.2, 0) is 43.3 Å². The quantitative estimate of drug-likeness (QED) is 0.117. The molecule has 0 spiro atoms. The van der Waals surface area contributed by atoms with Crippen LogP contribution in [0.25, 0.3) is 53.4 Å². The standard InChI is InChI=1S/C58H58F3N3S.C44H49ClF2N2.C14H10FNS/c1-35-27-40(62(38-15-12-11-13-16-38)50-34-65-51-22-19-37(59)30-43(50)51)31-41(28-35)63(48-33-45-44(29-36(48)2)55(3,4)23-24-56(45,5)6)39-20-21-42-49(32-39)64(53-46(60)17-14-18-47(53)61)54-52(42)57(7,8)25-26-58(54,9)10;1-26-20-28(45)23-30(21-26)48(36-25-33-32(22-27(36)2)41(3,4)16-17-42(33,5)6)29-14-15-31-37(24-29)49(39-34(46)12-11-13-35(39)47)40-38(31)43(7,8)18-19-44(40,9)10;15-10-6-7-14-12(8-10)13(9-17-14)16-11-4-2-1-3-5-11/h11-22,27-34H,23-26H2,1-10H3;11-15,20-25H,16-19H2,1-10H3;1-9,16H/i11D,12D,13D,15D,16D;;1D,2D,3D,4D,5D. The van der Waals surface area contributed by atoms with Crippen LogP contribution in [0, 0.1) is 62.6 Å². The highest BCUT2D eigenvalue weighted by molar-refractivity contribution is 7.18. The van der Waals surface area contributed by atoms with Crippen LogP contribution in [0.3, 0.4) is 0 Å². The number of aromatic nitrogens is 2. The molecule has 16 aromatic rings. The van der Waals surface area contributed by atoms with Crippen LogP contribution in [0.5, 0.6) is 0 Å². The second-order valence-corrected chi connectivity index (χ2v) is 44.0. The Morgan fingerprint density at radius 3 is 1.16 bits per heavy atom. The molecule has 0 fully saturated rings. The lowest BCUT2D eigenvalue weighted by molar-refractivity contribution is 0.323. The molecule has 0 amide bonds. The monoisotopic (exact) mass is 1820 g/mol. The summed E-state index contributed by atoms with van der Waals surface area (Å²) >= 11 is 9.51. The number of para-hydroxylation sites is 4. The number of halogens is 7. The van der Waals surface area contributed by atoms with E-state index in [4.69, 9.17) is 22.6 Å². The number of aryl methyl sites for hydroxylation is 4. The number of thiophene rings is 2. The zero-order chi connectivity index (χ0) is 102. The third kappa shape index (κ3) is 16.3. The van der Waals surface area contributed by atoms with E-state index in [9.17, 15) is 7.13 Å². The van der Waals surface area contributed by atoms with Gasteiger partial charge in [-0.3, -0.25) is 0 Å². The normalized spacial score (nSPS) is 17.8. The SMILES string of the molecule is Cc1cc(Cl)cc(N(c2ccc3c4c(n(-c5c(F)cccc5F)c3c2)C(C)(C)CCC4(C)C)c2cc3c(cc2C)C(C)(C)CCC3(C)C)c1.[2H]c1c([2H])c([2H])c(N(c2cc(C)cc(N(c3ccc4c5c(n(-c6c(F)cccc6F)c4c3)C(C)(C)CCC5(C)C)c3cc4c(cc3C)C(C)(C)CCC4(C)C)c2)c2csc3ccc(F)cc23)c([2H])c1[2H].[2H]c1c([2H])c([2H])c(Nc2csc3ccc(F)cc23)c([2H])c1[2H]. The molecule has 0 atom stereocenters. The Hall–Kier alpha value is -11.3. The summed E-state index contributed by atoms with van der Waals surface area (Å²) in [4.78, 5) is 6.13. The fraction of sp³-hybridized carbons (Fsp3) is 0.310. The van der Waals surface area contributed by atoms with E-state index >= 15 is 22.0 Å². The summed E-state index contributed by atoms with van der Waals surface area (Å²) in [6.45, 7) is 44.6. The number of benzene rings is 12. The maximum Gasteiger partial charge on any atom is 0.150 e. The van der Waals surface area contributed by atoms with Gasteiger partial charge in [-0.1, -0.05) is 195 Å². The molecule has 0 unspecified atom stereocenters. The summed E-state index contributed by atoms with van der Waals surface area (Å²) in [5.41, 5.74) is 20.0. The van der Waals surface area contributed by atoms with Crippen molar-refractivity contribution < 1.29 is 40.1 Å². The molecule has 6 nitrogen and oxygen atoms in total. The van der Waals surface area contributed by atoms with Gasteiger partial charge >= 0.3 is 0 Å². The lowest BCUT2D eigenvalue weighted by Crippen LogP contribution is -2.35. The van der Waals surface area contributed by atoms with Gasteiger partial charge in [-0.05, 0) is 325 Å². The lowest BCUT2D eigenvalue weighted by Gasteiger charge is -2.43. The zero-order valence-corrected chi connectivity index (χ0v) is 80.6. The Morgan fingerprint density at radius 1 is 0.344 bits per heavy atom. The highest BCUT2D eigenvalue weighted by atomic mass is 35.5. The van der Waals surface area contributed by atoms with E-state index in [0.29, 0.717) is 44.1 Å². The van der Waals surface area contributed by atoms with Gasteiger partial charge in [-0.2, -0.15) is 0 Å². The maximum absolute atomic E-state index is 16.4. The minimum Gasteiger partial charge on any atom is -0.354 e. The van der Waals surface area contributed by atoms with Gasteiger partial charge in [0.25, 0.3) is 0 Å². The number of fused-ring (bicyclic) bond motifs is 10. The van der Waals surface area contributed by atoms with Crippen LogP contribution >= 0.6 is 34.3 Å². The summed E-state index contributed by atoms with van der Waals surface area (Å²) in [7, 11) is 0. The predicted octanol–water partition coefficient (Wildman–Crippen LogP) is 35.6. The van der Waals surface area contributed by atoms with Gasteiger partial charge in [-0.25, -0.2) is 26.3 Å². The molecule has 15 heteroatoms. The number of hydrogen-bond acceptors (Lipinski definition) is 6. The summed E-state index contributed by atoms with van der Waals surface area (Å²) in [5.74, 6) is -3.32. The van der Waals surface area contributed by atoms with Crippen LogP contribution in [0.4, 0.5) is 88.9 Å². The fourth-order valence-corrected chi connectivity index (χ4v) is 23.2. The van der Waals surface area contributed by atoms with Gasteiger partial charge < -0.3 is 29.2 Å². The van der Waals surface area contributed by atoms with Crippen molar-refractivity contribution in [3.63, 3.8) is 0 Å². The van der Waals surface area contributed by atoms with E-state index in [2.05, 4.69) is 213 Å². The minimum atomic E-state index is -0.659. The first-order valence-corrected chi connectivity index (χ1v) is 47.3. The van der Waals surface area contributed by atoms with Crippen molar-refractivity contribution in [3.8, 4) is 11.4 Å². The molecule has 0 saturated heterocycles. The molecule has 4 aromatic heterocycles. The third-order valence-electron chi connectivity index (χ3n) is 28.6. The van der Waals surface area contributed by atoms with E-state index in [1.54, 1.807) is 22.4 Å². The molecule has 4 heterocycles. The van der Waals surface area contributed by atoms with Crippen LogP contribution in [0.2, 0.25) is 5.02 Å². The first kappa shape index (κ1) is 78.4. The first-order valence-electron chi connectivity index (χ1n) is 50.2. The lowest BCUT2D eigenvalue weighted by atomic mass is 9.63. The highest BCUT2D eigenvalue weighted by Gasteiger charge is 2.47. The molecule has 672 valence electrons. The van der Waals surface area contributed by atoms with Crippen LogP contribution in [-0.4, -0.2) is 9.13 Å². The molecule has 0 aliphatic heterocycles. The molecular weight excluding hydrogens is 1690 g/mol. The number of nitrogens with zero attached hydrogens (tertiary/aromatic N) is 5. The molecule has 20 rings (SSSR count). The van der Waals surface area contributed by atoms with Crippen molar-refractivity contribution in [1.82, 2.24) is 9.13 Å². The topological polar surface area (TPSA) is 31.6 Å². The zero-order valence-electron chi connectivity index (χ0n) is 88.2. The van der Waals surface area contributed by atoms with Gasteiger partial charge in [0, 0.05) is 120 Å². The highest BCUT2D eigenvalue weighted by Crippen LogP contribution is 2.59. The van der Waals surface area contributed by atoms with E-state index in [0.717, 1.165) is 139 Å². The fourth-order valence-electron chi connectivity index (χ4n) is 21.1. The number of nitrogens with one attached hydrogen (secondary N) is 1. The van der Waals surface area contributed by atoms with Crippen molar-refractivity contribution in [2.45, 2.75) is 233 Å². The predicted molar refractivity (Wildman–Crippen MR) is 542 cm³/mol. The summed E-state index contributed by atoms with van der Waals surface area (Å²) < 4.78 is 182. The molecule has 0 radical (unpaired) electrons. The smallest absolute Gasteiger partial charge is 0.150 e. The largest absolute Gasteiger partial charge is 0.354 e. The first-order chi connectivity index (χ1) is 66.0. The Labute approximate surface area is 795 Å². The maximum atomic E-state index is 16.4. The van der Waals surface area contributed by atoms with E-state index < -0.39 is 88.7 Å². The van der Waals surface area contributed by atoms with E-state index in [1.807, 2.05) is 51.8 Å². The third-order valence-corrected chi connectivity index (χ3v) is 30.7. The minimum absolute atomic E-state index is 0.0143. The van der Waals surface area contributed by atoms with Gasteiger partial charge in [0.05, 0.1) is 36.1 Å². The van der Waals surface area contributed by atoms with Gasteiger partial charge in [-0.15, -0.1) is 22.7 Å². The molecule has 1 N–H and O–H groups in total. The molecule has 12 aromatic carbocycles. The molecule has 4 aliphatic rings. The molecule has 0 bridgehead atoms. The Kier molecular flexibility index (Phi) is 19.8. The molecule has 0 saturated carbocycles. The number of anilines is 11. The second-order valence-electron chi connectivity index (χ2n) is 41.8. The van der Waals surface area contributed by atoms with Crippen LogP contribution in [0.1, 0.15) is 243 Å².